The number of amides is 1. The van der Waals surface area contributed by atoms with Crippen molar-refractivity contribution in [3.05, 3.63) is 72.4 Å². The molecule has 0 saturated heterocycles. The van der Waals surface area contributed by atoms with Crippen LogP contribution in [0, 0.1) is 11.6 Å². The highest BCUT2D eigenvalue weighted by Gasteiger charge is 2.19. The summed E-state index contributed by atoms with van der Waals surface area (Å²) in [7, 11) is 0. The van der Waals surface area contributed by atoms with Gasteiger partial charge >= 0.3 is 0 Å². The number of hydrogen-bond acceptors (Lipinski definition) is 5. The van der Waals surface area contributed by atoms with E-state index in [9.17, 15) is 13.6 Å². The fraction of sp³-hybridized carbons (Fsp3) is 0. The maximum Gasteiger partial charge on any atom is 0.276 e. The zero-order chi connectivity index (χ0) is 19.8. The number of nitrogens with one attached hydrogen (secondary N) is 1. The van der Waals surface area contributed by atoms with E-state index in [2.05, 4.69) is 15.3 Å². The van der Waals surface area contributed by atoms with E-state index in [1.807, 2.05) is 0 Å². The van der Waals surface area contributed by atoms with Crippen LogP contribution in [0.3, 0.4) is 0 Å². The number of anilines is 3. The molecule has 1 amide bonds. The van der Waals surface area contributed by atoms with Crippen LogP contribution in [0.1, 0.15) is 10.5 Å². The molecule has 2 heterocycles. The average molecular weight is 380 g/mol. The molecule has 0 aliphatic rings. The van der Waals surface area contributed by atoms with E-state index in [0.29, 0.717) is 16.9 Å². The van der Waals surface area contributed by atoms with Gasteiger partial charge in [0.2, 0.25) is 0 Å². The lowest BCUT2D eigenvalue weighted by Crippen LogP contribution is -2.14. The molecule has 0 fully saturated rings. The number of halogens is 2. The SMILES string of the molecule is Nc1ccccc1NC(=O)c1ncn2cc(-c3c(F)ccc(N)c3F)ncc12. The normalized spacial score (nSPS) is 10.9. The van der Waals surface area contributed by atoms with Gasteiger partial charge in [0.1, 0.15) is 12.1 Å². The number of aromatic nitrogens is 3. The minimum absolute atomic E-state index is 0.0199. The first-order chi connectivity index (χ1) is 13.5. The Morgan fingerprint density at radius 2 is 1.82 bits per heavy atom. The van der Waals surface area contributed by atoms with Crippen molar-refractivity contribution in [2.75, 3.05) is 16.8 Å². The smallest absolute Gasteiger partial charge is 0.276 e. The minimum Gasteiger partial charge on any atom is -0.397 e. The van der Waals surface area contributed by atoms with Gasteiger partial charge in [-0.05, 0) is 24.3 Å². The molecule has 4 aromatic rings. The van der Waals surface area contributed by atoms with E-state index >= 15 is 0 Å². The molecule has 4 rings (SSSR count). The van der Waals surface area contributed by atoms with Crippen LogP contribution in [0.2, 0.25) is 0 Å². The highest BCUT2D eigenvalue weighted by molar-refractivity contribution is 6.08. The van der Waals surface area contributed by atoms with Gasteiger partial charge in [-0.2, -0.15) is 0 Å². The second-order valence-corrected chi connectivity index (χ2v) is 6.03. The summed E-state index contributed by atoms with van der Waals surface area (Å²) in [5, 5.41) is 2.67. The lowest BCUT2D eigenvalue weighted by atomic mass is 10.1. The zero-order valence-corrected chi connectivity index (χ0v) is 14.4. The van der Waals surface area contributed by atoms with Crippen molar-refractivity contribution >= 4 is 28.5 Å². The van der Waals surface area contributed by atoms with E-state index in [1.54, 1.807) is 24.3 Å². The van der Waals surface area contributed by atoms with Crippen LogP contribution in [0.25, 0.3) is 16.8 Å². The monoisotopic (exact) mass is 380 g/mol. The third-order valence-electron chi connectivity index (χ3n) is 4.22. The third-order valence-corrected chi connectivity index (χ3v) is 4.22. The first-order valence-corrected chi connectivity index (χ1v) is 8.18. The van der Waals surface area contributed by atoms with Crippen LogP contribution in [-0.4, -0.2) is 20.3 Å². The molecule has 0 unspecified atom stereocenters. The van der Waals surface area contributed by atoms with E-state index in [-0.39, 0.29) is 22.6 Å². The van der Waals surface area contributed by atoms with Crippen LogP contribution in [0.5, 0.6) is 0 Å². The molecule has 0 spiro atoms. The second-order valence-electron chi connectivity index (χ2n) is 6.03. The van der Waals surface area contributed by atoms with Gasteiger partial charge in [-0.25, -0.2) is 13.8 Å². The number of rotatable bonds is 3. The third kappa shape index (κ3) is 2.88. The minimum atomic E-state index is -0.899. The molecule has 0 aliphatic heterocycles. The molecular weight excluding hydrogens is 366 g/mol. The van der Waals surface area contributed by atoms with Gasteiger partial charge in [-0.3, -0.25) is 9.78 Å². The highest BCUT2D eigenvalue weighted by atomic mass is 19.1. The first kappa shape index (κ1) is 17.4. The Kier molecular flexibility index (Phi) is 4.11. The fourth-order valence-corrected chi connectivity index (χ4v) is 2.80. The lowest BCUT2D eigenvalue weighted by molar-refractivity contribution is 0.102. The van der Waals surface area contributed by atoms with Crippen molar-refractivity contribution in [2.24, 2.45) is 0 Å². The number of imidazole rings is 1. The summed E-state index contributed by atoms with van der Waals surface area (Å²) in [6, 6.07) is 9.01. The Balaban J connectivity index is 1.72. The standard InChI is InChI=1S/C19H14F2N6O/c20-10-5-6-12(23)17(21)16(10)14-8-27-9-25-18(15(27)7-24-14)19(28)26-13-4-2-1-3-11(13)22/h1-9H,22-23H2,(H,26,28). The van der Waals surface area contributed by atoms with Gasteiger partial charge in [-0.1, -0.05) is 12.1 Å². The summed E-state index contributed by atoms with van der Waals surface area (Å²) < 4.78 is 29.8. The predicted molar refractivity (Wildman–Crippen MR) is 102 cm³/mol. The Morgan fingerprint density at radius 1 is 1.04 bits per heavy atom. The quantitative estimate of drug-likeness (QED) is 0.473. The maximum absolute atomic E-state index is 14.3. The van der Waals surface area contributed by atoms with Gasteiger partial charge in [0.25, 0.3) is 5.91 Å². The largest absolute Gasteiger partial charge is 0.397 e. The van der Waals surface area contributed by atoms with Crippen LogP contribution < -0.4 is 16.8 Å². The first-order valence-electron chi connectivity index (χ1n) is 8.18. The Labute approximate surface area is 157 Å². The number of nitrogen functional groups attached to an aromatic ring is 2. The summed E-state index contributed by atoms with van der Waals surface area (Å²) in [4.78, 5) is 20.7. The Hall–Kier alpha value is -4.01. The van der Waals surface area contributed by atoms with Gasteiger partial charge < -0.3 is 21.2 Å². The van der Waals surface area contributed by atoms with Crippen molar-refractivity contribution in [1.82, 2.24) is 14.4 Å². The molecule has 0 aliphatic carbocycles. The molecule has 5 N–H and O–H groups in total. The summed E-state index contributed by atoms with van der Waals surface area (Å²) in [5.74, 6) is -2.18. The molecule has 7 nitrogen and oxygen atoms in total. The van der Waals surface area contributed by atoms with Crippen molar-refractivity contribution in [3.8, 4) is 11.3 Å². The fourth-order valence-electron chi connectivity index (χ4n) is 2.80. The molecule has 0 saturated carbocycles. The van der Waals surface area contributed by atoms with Gasteiger partial charge in [0.15, 0.2) is 11.5 Å². The summed E-state index contributed by atoms with van der Waals surface area (Å²) in [5.41, 5.74) is 12.1. The number of nitrogens with two attached hydrogens (primary N) is 2. The lowest BCUT2D eigenvalue weighted by Gasteiger charge is -2.08. The van der Waals surface area contributed by atoms with Crippen molar-refractivity contribution < 1.29 is 13.6 Å². The van der Waals surface area contributed by atoms with Gasteiger partial charge in [-0.15, -0.1) is 0 Å². The van der Waals surface area contributed by atoms with Crippen LogP contribution in [-0.2, 0) is 0 Å². The predicted octanol–water partition coefficient (Wildman–Crippen LogP) is 3.09. The number of carbonyl (C=O) groups is 1. The Bertz CT molecular complexity index is 1220. The number of hydrogen-bond donors (Lipinski definition) is 3. The number of fused-ring (bicyclic) bond motifs is 1. The van der Waals surface area contributed by atoms with E-state index < -0.39 is 17.5 Å². The van der Waals surface area contributed by atoms with Gasteiger partial charge in [0.05, 0.1) is 40.0 Å². The van der Waals surface area contributed by atoms with E-state index in [4.69, 9.17) is 11.5 Å². The maximum atomic E-state index is 14.3. The molecule has 140 valence electrons. The molecule has 0 bridgehead atoms. The molecule has 0 radical (unpaired) electrons. The van der Waals surface area contributed by atoms with Crippen molar-refractivity contribution in [1.29, 1.82) is 0 Å². The molecular formula is C19H14F2N6O. The number of carbonyl (C=O) groups excluding carboxylic acids is 1. The highest BCUT2D eigenvalue weighted by Crippen LogP contribution is 2.28. The average Bonchev–Trinajstić information content (AvgIpc) is 3.10. The van der Waals surface area contributed by atoms with Crippen LogP contribution in [0.4, 0.5) is 25.8 Å². The number of para-hydroxylation sites is 2. The summed E-state index contributed by atoms with van der Waals surface area (Å²) in [6.07, 6.45) is 4.04. The summed E-state index contributed by atoms with van der Waals surface area (Å²) >= 11 is 0. The second kappa shape index (κ2) is 6.62. The van der Waals surface area contributed by atoms with Crippen LogP contribution >= 0.6 is 0 Å². The zero-order valence-electron chi connectivity index (χ0n) is 14.4. The molecule has 0 atom stereocenters. The number of benzene rings is 2. The number of nitrogens with zero attached hydrogens (tertiary/aromatic N) is 3. The molecule has 9 heteroatoms. The molecule has 2 aromatic carbocycles. The van der Waals surface area contributed by atoms with Gasteiger partial charge in [0, 0.05) is 6.20 Å². The van der Waals surface area contributed by atoms with Crippen molar-refractivity contribution in [3.63, 3.8) is 0 Å². The molecule has 2 aromatic heterocycles. The van der Waals surface area contributed by atoms with E-state index in [0.717, 1.165) is 12.1 Å². The van der Waals surface area contributed by atoms with Crippen molar-refractivity contribution in [2.45, 2.75) is 0 Å². The topological polar surface area (TPSA) is 111 Å². The molecule has 28 heavy (non-hydrogen) atoms. The van der Waals surface area contributed by atoms with Crippen LogP contribution in [0.15, 0.2) is 55.1 Å². The Morgan fingerprint density at radius 3 is 2.61 bits per heavy atom. The van der Waals surface area contributed by atoms with E-state index in [1.165, 1.54) is 23.1 Å². The summed E-state index contributed by atoms with van der Waals surface area (Å²) in [6.45, 7) is 0.